The van der Waals surface area contributed by atoms with Gasteiger partial charge in [0.1, 0.15) is 5.75 Å². The van der Waals surface area contributed by atoms with Crippen LogP contribution in [0.1, 0.15) is 31.4 Å². The topological polar surface area (TPSA) is 44.5 Å². The van der Waals surface area contributed by atoms with Crippen molar-refractivity contribution in [3.05, 3.63) is 28.8 Å². The molecule has 0 bridgehead atoms. The first-order valence-electron chi connectivity index (χ1n) is 6.38. The van der Waals surface area contributed by atoms with Crippen LogP contribution >= 0.6 is 11.6 Å². The molecule has 1 fully saturated rings. The Morgan fingerprint density at radius 3 is 2.94 bits per heavy atom. The minimum atomic E-state index is -0.0733. The van der Waals surface area contributed by atoms with E-state index in [-0.39, 0.29) is 12.1 Å². The molecule has 0 spiro atoms. The Balaban J connectivity index is 2.20. The standard InChI is InChI=1S/C14H20ClNO2/c1-3-13-11(6-7-18-13)14(16)10-5-4-9(17-2)8-12(10)15/h4-5,8,11,13-14H,3,6-7,16H2,1-2H3. The van der Waals surface area contributed by atoms with Gasteiger partial charge in [0.2, 0.25) is 0 Å². The van der Waals surface area contributed by atoms with Crippen molar-refractivity contribution in [2.24, 2.45) is 11.7 Å². The first kappa shape index (κ1) is 13.7. The molecule has 18 heavy (non-hydrogen) atoms. The number of hydrogen-bond acceptors (Lipinski definition) is 3. The molecular weight excluding hydrogens is 250 g/mol. The molecule has 1 heterocycles. The Morgan fingerprint density at radius 2 is 2.33 bits per heavy atom. The van der Waals surface area contributed by atoms with E-state index in [1.165, 1.54) is 0 Å². The lowest BCUT2D eigenvalue weighted by Crippen LogP contribution is -2.28. The lowest BCUT2D eigenvalue weighted by molar-refractivity contribution is 0.0813. The molecule has 3 atom stereocenters. The van der Waals surface area contributed by atoms with Gasteiger partial charge in [0.05, 0.1) is 13.2 Å². The van der Waals surface area contributed by atoms with Gasteiger partial charge in [-0.05, 0) is 30.5 Å². The van der Waals surface area contributed by atoms with E-state index in [4.69, 9.17) is 26.8 Å². The van der Waals surface area contributed by atoms with Gasteiger partial charge in [0, 0.05) is 23.6 Å². The van der Waals surface area contributed by atoms with Gasteiger partial charge < -0.3 is 15.2 Å². The molecule has 1 aliphatic heterocycles. The summed E-state index contributed by atoms with van der Waals surface area (Å²) in [5.74, 6) is 1.10. The predicted molar refractivity (Wildman–Crippen MR) is 73.1 cm³/mol. The lowest BCUT2D eigenvalue weighted by Gasteiger charge is -2.25. The smallest absolute Gasteiger partial charge is 0.120 e. The lowest BCUT2D eigenvalue weighted by atomic mass is 9.87. The fourth-order valence-corrected chi connectivity index (χ4v) is 2.93. The molecule has 2 N–H and O–H groups in total. The summed E-state index contributed by atoms with van der Waals surface area (Å²) in [4.78, 5) is 0. The molecule has 0 radical (unpaired) electrons. The molecule has 1 saturated heterocycles. The zero-order valence-electron chi connectivity index (χ0n) is 10.9. The zero-order valence-corrected chi connectivity index (χ0v) is 11.6. The minimum absolute atomic E-state index is 0.0733. The van der Waals surface area contributed by atoms with Crippen LogP contribution in [0.15, 0.2) is 18.2 Å². The first-order chi connectivity index (χ1) is 8.67. The van der Waals surface area contributed by atoms with Crippen LogP contribution in [-0.4, -0.2) is 19.8 Å². The fourth-order valence-electron chi connectivity index (χ4n) is 2.63. The Labute approximate surface area is 113 Å². The molecule has 0 aromatic heterocycles. The number of methoxy groups -OCH3 is 1. The highest BCUT2D eigenvalue weighted by atomic mass is 35.5. The highest BCUT2D eigenvalue weighted by Crippen LogP contribution is 2.36. The molecule has 0 aliphatic carbocycles. The maximum absolute atomic E-state index is 6.35. The average Bonchev–Trinajstić information content (AvgIpc) is 2.86. The zero-order chi connectivity index (χ0) is 13.1. The highest BCUT2D eigenvalue weighted by Gasteiger charge is 2.33. The summed E-state index contributed by atoms with van der Waals surface area (Å²) in [5, 5.41) is 0.670. The maximum atomic E-state index is 6.35. The summed E-state index contributed by atoms with van der Waals surface area (Å²) in [6, 6.07) is 5.60. The van der Waals surface area contributed by atoms with Gasteiger partial charge in [0.15, 0.2) is 0 Å². The summed E-state index contributed by atoms with van der Waals surface area (Å²) in [5.41, 5.74) is 7.33. The monoisotopic (exact) mass is 269 g/mol. The van der Waals surface area contributed by atoms with Crippen molar-refractivity contribution in [1.29, 1.82) is 0 Å². The van der Waals surface area contributed by atoms with Crippen molar-refractivity contribution in [3.63, 3.8) is 0 Å². The van der Waals surface area contributed by atoms with E-state index >= 15 is 0 Å². The average molecular weight is 270 g/mol. The normalized spacial score (nSPS) is 25.1. The van der Waals surface area contributed by atoms with Crippen LogP contribution in [0.5, 0.6) is 5.75 Å². The van der Waals surface area contributed by atoms with Crippen molar-refractivity contribution < 1.29 is 9.47 Å². The van der Waals surface area contributed by atoms with Gasteiger partial charge in [0.25, 0.3) is 0 Å². The summed E-state index contributed by atoms with van der Waals surface area (Å²) < 4.78 is 10.8. The van der Waals surface area contributed by atoms with Crippen LogP contribution < -0.4 is 10.5 Å². The van der Waals surface area contributed by atoms with Crippen molar-refractivity contribution in [2.75, 3.05) is 13.7 Å². The van der Waals surface area contributed by atoms with Gasteiger partial charge in [-0.25, -0.2) is 0 Å². The van der Waals surface area contributed by atoms with Gasteiger partial charge >= 0.3 is 0 Å². The molecule has 1 aromatic rings. The quantitative estimate of drug-likeness (QED) is 0.913. The molecule has 4 heteroatoms. The van der Waals surface area contributed by atoms with Crippen molar-refractivity contribution in [2.45, 2.75) is 31.9 Å². The summed E-state index contributed by atoms with van der Waals surface area (Å²) in [7, 11) is 1.63. The van der Waals surface area contributed by atoms with E-state index in [1.807, 2.05) is 18.2 Å². The van der Waals surface area contributed by atoms with Gasteiger partial charge in [-0.2, -0.15) is 0 Å². The highest BCUT2D eigenvalue weighted by molar-refractivity contribution is 6.31. The Morgan fingerprint density at radius 1 is 1.56 bits per heavy atom. The number of halogens is 1. The van der Waals surface area contributed by atoms with Gasteiger partial charge in [-0.3, -0.25) is 0 Å². The molecule has 0 amide bonds. The Hall–Kier alpha value is -0.770. The van der Waals surface area contributed by atoms with Crippen LogP contribution in [-0.2, 0) is 4.74 Å². The Bertz CT molecular complexity index is 411. The number of nitrogens with two attached hydrogens (primary N) is 1. The molecule has 1 aliphatic rings. The largest absolute Gasteiger partial charge is 0.497 e. The second-order valence-corrected chi connectivity index (χ2v) is 5.09. The van der Waals surface area contributed by atoms with E-state index in [2.05, 4.69) is 6.92 Å². The molecular formula is C14H20ClNO2. The van der Waals surface area contributed by atoms with Crippen LogP contribution in [0.4, 0.5) is 0 Å². The van der Waals surface area contributed by atoms with Crippen molar-refractivity contribution in [1.82, 2.24) is 0 Å². The minimum Gasteiger partial charge on any atom is -0.497 e. The molecule has 3 unspecified atom stereocenters. The second kappa shape index (κ2) is 5.91. The van der Waals surface area contributed by atoms with E-state index in [0.29, 0.717) is 10.9 Å². The third-order valence-electron chi connectivity index (χ3n) is 3.69. The molecule has 1 aromatic carbocycles. The van der Waals surface area contributed by atoms with Crippen LogP contribution in [0.3, 0.4) is 0 Å². The number of hydrogen-bond donors (Lipinski definition) is 1. The SMILES string of the molecule is CCC1OCCC1C(N)c1ccc(OC)cc1Cl. The molecule has 2 rings (SSSR count). The molecule has 100 valence electrons. The summed E-state index contributed by atoms with van der Waals surface area (Å²) in [6.07, 6.45) is 2.24. The third-order valence-corrected chi connectivity index (χ3v) is 4.02. The molecule has 3 nitrogen and oxygen atoms in total. The molecule has 0 saturated carbocycles. The number of rotatable bonds is 4. The van der Waals surface area contributed by atoms with E-state index in [9.17, 15) is 0 Å². The fraction of sp³-hybridized carbons (Fsp3) is 0.571. The van der Waals surface area contributed by atoms with Crippen LogP contribution in [0.25, 0.3) is 0 Å². The predicted octanol–water partition coefficient (Wildman–Crippen LogP) is 3.16. The number of ether oxygens (including phenoxy) is 2. The third kappa shape index (κ3) is 2.63. The second-order valence-electron chi connectivity index (χ2n) is 4.68. The van der Waals surface area contributed by atoms with E-state index in [0.717, 1.165) is 30.8 Å². The number of benzene rings is 1. The van der Waals surface area contributed by atoms with Crippen molar-refractivity contribution in [3.8, 4) is 5.75 Å². The maximum Gasteiger partial charge on any atom is 0.120 e. The van der Waals surface area contributed by atoms with Crippen molar-refractivity contribution >= 4 is 11.6 Å². The van der Waals surface area contributed by atoms with Crippen LogP contribution in [0, 0.1) is 5.92 Å². The summed E-state index contributed by atoms with van der Waals surface area (Å²) >= 11 is 6.27. The van der Waals surface area contributed by atoms with Gasteiger partial charge in [-0.15, -0.1) is 0 Å². The van der Waals surface area contributed by atoms with Crippen LogP contribution in [0.2, 0.25) is 5.02 Å². The van der Waals surface area contributed by atoms with Gasteiger partial charge in [-0.1, -0.05) is 24.6 Å². The summed E-state index contributed by atoms with van der Waals surface area (Å²) in [6.45, 7) is 2.93. The van der Waals surface area contributed by atoms with E-state index in [1.54, 1.807) is 7.11 Å². The Kier molecular flexibility index (Phi) is 4.49. The van der Waals surface area contributed by atoms with E-state index < -0.39 is 0 Å². The first-order valence-corrected chi connectivity index (χ1v) is 6.75.